The first-order valence-corrected chi connectivity index (χ1v) is 12.4. The molecule has 1 heterocycles. The Kier molecular flexibility index (Phi) is 7.69. The zero-order valence-electron chi connectivity index (χ0n) is 19.9. The summed E-state index contributed by atoms with van der Waals surface area (Å²) >= 11 is 0. The Balaban J connectivity index is 1.44. The molecule has 176 valence electrons. The Hall–Kier alpha value is -2.82. The molecule has 2 saturated carbocycles. The summed E-state index contributed by atoms with van der Waals surface area (Å²) in [6.07, 6.45) is 11.3. The summed E-state index contributed by atoms with van der Waals surface area (Å²) in [6.45, 7) is 7.95. The lowest BCUT2D eigenvalue weighted by Gasteiger charge is -2.31. The maximum atomic E-state index is 13.4. The predicted molar refractivity (Wildman–Crippen MR) is 132 cm³/mol. The van der Waals surface area contributed by atoms with Crippen LogP contribution in [-0.2, 0) is 22.7 Å². The van der Waals surface area contributed by atoms with Crippen LogP contribution in [0.3, 0.4) is 0 Å². The van der Waals surface area contributed by atoms with Gasteiger partial charge in [0.1, 0.15) is 6.54 Å². The molecule has 2 aromatic rings. The minimum atomic E-state index is 0.00889. The van der Waals surface area contributed by atoms with Crippen LogP contribution in [0.25, 0.3) is 0 Å². The average Bonchev–Trinajstić information content (AvgIpc) is 3.59. The first-order valence-electron chi connectivity index (χ1n) is 12.4. The van der Waals surface area contributed by atoms with E-state index in [1.54, 1.807) is 6.08 Å². The van der Waals surface area contributed by atoms with Crippen LogP contribution < -0.4 is 0 Å². The maximum Gasteiger partial charge on any atom is 0.242 e. The van der Waals surface area contributed by atoms with Crippen LogP contribution in [-0.4, -0.2) is 45.3 Å². The third-order valence-electron chi connectivity index (χ3n) is 7.11. The Labute approximate surface area is 198 Å². The number of carbonyl (C=O) groups is 2. The summed E-state index contributed by atoms with van der Waals surface area (Å²) in [7, 11) is 0. The van der Waals surface area contributed by atoms with Gasteiger partial charge >= 0.3 is 0 Å². The van der Waals surface area contributed by atoms with Gasteiger partial charge in [-0.3, -0.25) is 9.59 Å². The van der Waals surface area contributed by atoms with Crippen molar-refractivity contribution in [2.45, 2.75) is 71.0 Å². The largest absolute Gasteiger partial charge is 0.345 e. The Morgan fingerprint density at radius 3 is 2.52 bits per heavy atom. The Morgan fingerprint density at radius 1 is 1.06 bits per heavy atom. The van der Waals surface area contributed by atoms with Gasteiger partial charge in [-0.05, 0) is 55.9 Å². The highest BCUT2D eigenvalue weighted by Gasteiger charge is 2.37. The summed E-state index contributed by atoms with van der Waals surface area (Å²) < 4.78 is 2.21. The van der Waals surface area contributed by atoms with Crippen molar-refractivity contribution in [3.05, 3.63) is 72.1 Å². The van der Waals surface area contributed by atoms with E-state index in [-0.39, 0.29) is 30.3 Å². The second-order valence-corrected chi connectivity index (χ2v) is 9.65. The van der Waals surface area contributed by atoms with E-state index in [9.17, 15) is 9.59 Å². The van der Waals surface area contributed by atoms with Crippen molar-refractivity contribution in [2.24, 2.45) is 5.92 Å². The first-order chi connectivity index (χ1) is 16.1. The fourth-order valence-corrected chi connectivity index (χ4v) is 4.93. The van der Waals surface area contributed by atoms with Crippen LogP contribution in [0.15, 0.2) is 55.3 Å². The molecule has 2 aliphatic rings. The maximum absolute atomic E-state index is 13.4. The van der Waals surface area contributed by atoms with Gasteiger partial charge < -0.3 is 14.4 Å². The predicted octanol–water partition coefficient (Wildman–Crippen LogP) is 4.93. The molecule has 0 N–H and O–H groups in total. The molecule has 0 radical (unpaired) electrons. The van der Waals surface area contributed by atoms with Crippen LogP contribution in [0, 0.1) is 12.8 Å². The molecule has 4 rings (SSSR count). The zero-order chi connectivity index (χ0) is 23.2. The highest BCUT2D eigenvalue weighted by Crippen LogP contribution is 2.32. The van der Waals surface area contributed by atoms with Crippen molar-refractivity contribution in [1.82, 2.24) is 14.4 Å². The molecular weight excluding hydrogens is 410 g/mol. The molecule has 0 atom stereocenters. The van der Waals surface area contributed by atoms with Gasteiger partial charge in [0, 0.05) is 36.9 Å². The summed E-state index contributed by atoms with van der Waals surface area (Å²) in [5.74, 6) is 0.313. The molecule has 2 aliphatic carbocycles. The standard InChI is InChI=1S/C28H37N3O2/c1-3-17-30(20-26-14-9-18-29(26)19-24-13-8-7-10-22(24)2)27(32)21-31(25-15-16-25)28(33)23-11-5-4-6-12-23/h3,7-10,13-14,18,23,25H,1,4-6,11-12,15-17,19-21H2,2H3. The molecule has 2 fully saturated rings. The average molecular weight is 448 g/mol. The fraction of sp³-hybridized carbons (Fsp3) is 0.500. The highest BCUT2D eigenvalue weighted by molar-refractivity contribution is 5.86. The normalized spacial score (nSPS) is 16.4. The van der Waals surface area contributed by atoms with Crippen LogP contribution in [0.4, 0.5) is 0 Å². The van der Waals surface area contributed by atoms with Crippen molar-refractivity contribution in [2.75, 3.05) is 13.1 Å². The second-order valence-electron chi connectivity index (χ2n) is 9.65. The molecule has 5 heteroatoms. The van der Waals surface area contributed by atoms with E-state index in [2.05, 4.69) is 54.6 Å². The third-order valence-corrected chi connectivity index (χ3v) is 7.11. The molecule has 0 unspecified atom stereocenters. The van der Waals surface area contributed by atoms with E-state index in [4.69, 9.17) is 0 Å². The van der Waals surface area contributed by atoms with Crippen molar-refractivity contribution >= 4 is 11.8 Å². The van der Waals surface area contributed by atoms with Crippen molar-refractivity contribution in [3.63, 3.8) is 0 Å². The zero-order valence-corrected chi connectivity index (χ0v) is 19.9. The van der Waals surface area contributed by atoms with Gasteiger partial charge in [-0.15, -0.1) is 6.58 Å². The van der Waals surface area contributed by atoms with E-state index in [1.165, 1.54) is 17.5 Å². The molecule has 1 aromatic carbocycles. The SMILES string of the molecule is C=CCN(Cc1cccn1Cc1ccccc1C)C(=O)CN(C(=O)C1CCCCC1)C1CC1. The molecule has 0 saturated heterocycles. The quantitative estimate of drug-likeness (QED) is 0.485. The van der Waals surface area contributed by atoms with Crippen LogP contribution in [0.2, 0.25) is 0 Å². The summed E-state index contributed by atoms with van der Waals surface area (Å²) in [5, 5.41) is 0. The number of amides is 2. The summed E-state index contributed by atoms with van der Waals surface area (Å²) in [6, 6.07) is 12.8. The monoisotopic (exact) mass is 447 g/mol. The van der Waals surface area contributed by atoms with E-state index in [0.29, 0.717) is 13.1 Å². The number of hydrogen-bond donors (Lipinski definition) is 0. The van der Waals surface area contributed by atoms with Crippen LogP contribution in [0.5, 0.6) is 0 Å². The van der Waals surface area contributed by atoms with Gasteiger partial charge in [-0.1, -0.05) is 49.6 Å². The Bertz CT molecular complexity index is 969. The number of hydrogen-bond acceptors (Lipinski definition) is 2. The molecule has 1 aromatic heterocycles. The lowest BCUT2D eigenvalue weighted by molar-refractivity contribution is -0.144. The molecular formula is C28H37N3O2. The lowest BCUT2D eigenvalue weighted by atomic mass is 9.88. The number of aryl methyl sites for hydroxylation is 1. The summed E-state index contributed by atoms with van der Waals surface area (Å²) in [5.41, 5.74) is 3.62. The molecule has 0 aliphatic heterocycles. The molecule has 2 amide bonds. The van der Waals surface area contributed by atoms with Crippen molar-refractivity contribution in [3.8, 4) is 0 Å². The number of carbonyl (C=O) groups excluding carboxylic acids is 2. The van der Waals surface area contributed by atoms with Crippen LogP contribution >= 0.6 is 0 Å². The number of benzene rings is 1. The van der Waals surface area contributed by atoms with Gasteiger partial charge in [0.05, 0.1) is 6.54 Å². The van der Waals surface area contributed by atoms with Gasteiger partial charge in [0.2, 0.25) is 11.8 Å². The molecule has 0 bridgehead atoms. The van der Waals surface area contributed by atoms with Crippen molar-refractivity contribution in [1.29, 1.82) is 0 Å². The van der Waals surface area contributed by atoms with Crippen LogP contribution in [0.1, 0.15) is 61.8 Å². The van der Waals surface area contributed by atoms with E-state index < -0.39 is 0 Å². The first kappa shape index (κ1) is 23.3. The lowest BCUT2D eigenvalue weighted by Crippen LogP contribution is -2.46. The van der Waals surface area contributed by atoms with E-state index in [1.807, 2.05) is 15.9 Å². The smallest absolute Gasteiger partial charge is 0.242 e. The third kappa shape index (κ3) is 5.95. The minimum absolute atomic E-state index is 0.00889. The van der Waals surface area contributed by atoms with Gasteiger partial charge in [-0.2, -0.15) is 0 Å². The fourth-order valence-electron chi connectivity index (χ4n) is 4.93. The van der Waals surface area contributed by atoms with E-state index >= 15 is 0 Å². The van der Waals surface area contributed by atoms with Crippen molar-refractivity contribution < 1.29 is 9.59 Å². The second kappa shape index (κ2) is 10.9. The highest BCUT2D eigenvalue weighted by atomic mass is 16.2. The van der Waals surface area contributed by atoms with E-state index in [0.717, 1.165) is 50.8 Å². The number of nitrogens with zero attached hydrogens (tertiary/aromatic N) is 3. The molecule has 0 spiro atoms. The summed E-state index contributed by atoms with van der Waals surface area (Å²) in [4.78, 5) is 30.3. The molecule has 33 heavy (non-hydrogen) atoms. The number of aromatic nitrogens is 1. The topological polar surface area (TPSA) is 45.6 Å². The number of rotatable bonds is 10. The Morgan fingerprint density at radius 2 is 1.82 bits per heavy atom. The van der Waals surface area contributed by atoms with Gasteiger partial charge in [-0.25, -0.2) is 0 Å². The molecule has 5 nitrogen and oxygen atoms in total. The minimum Gasteiger partial charge on any atom is -0.345 e. The van der Waals surface area contributed by atoms with Gasteiger partial charge in [0.25, 0.3) is 0 Å². The van der Waals surface area contributed by atoms with Gasteiger partial charge in [0.15, 0.2) is 0 Å².